The van der Waals surface area contributed by atoms with Gasteiger partial charge in [-0.05, 0) is 40.5 Å². The highest BCUT2D eigenvalue weighted by Crippen LogP contribution is 2.23. The van der Waals surface area contributed by atoms with E-state index in [0.29, 0.717) is 12.4 Å². The Labute approximate surface area is 125 Å². The number of nitrogens with one attached hydrogen (secondary N) is 2. The topological polar surface area (TPSA) is 64.9 Å². The third-order valence-corrected chi connectivity index (χ3v) is 3.09. The van der Waals surface area contributed by atoms with Crippen LogP contribution >= 0.6 is 27.5 Å². The van der Waals surface area contributed by atoms with E-state index in [4.69, 9.17) is 16.9 Å². The van der Waals surface area contributed by atoms with Gasteiger partial charge in [-0.25, -0.2) is 0 Å². The van der Waals surface area contributed by atoms with E-state index in [1.807, 2.05) is 31.2 Å². The zero-order valence-corrected chi connectivity index (χ0v) is 12.7. The maximum Gasteiger partial charge on any atom is 0.263 e. The molecule has 6 heteroatoms. The molecule has 0 atom stereocenters. The van der Waals surface area contributed by atoms with Gasteiger partial charge in [0.05, 0.1) is 5.69 Å². The summed E-state index contributed by atoms with van der Waals surface area (Å²) < 4.78 is 0.863. The number of rotatable bonds is 5. The Morgan fingerprint density at radius 1 is 1.58 bits per heavy atom. The highest BCUT2D eigenvalue weighted by molar-refractivity contribution is 9.10. The van der Waals surface area contributed by atoms with Crippen LogP contribution in [0.2, 0.25) is 0 Å². The second-order valence-corrected chi connectivity index (χ2v) is 4.97. The number of aryl methyl sites for hydroxylation is 1. The van der Waals surface area contributed by atoms with Crippen LogP contribution in [0.15, 0.2) is 34.4 Å². The van der Waals surface area contributed by atoms with E-state index in [1.165, 1.54) is 6.20 Å². The molecule has 2 N–H and O–H groups in total. The van der Waals surface area contributed by atoms with Gasteiger partial charge in [0.2, 0.25) is 0 Å². The second kappa shape index (κ2) is 7.82. The first-order chi connectivity index (χ1) is 9.08. The fourth-order valence-corrected chi connectivity index (χ4v) is 1.99. The van der Waals surface area contributed by atoms with Crippen molar-refractivity contribution in [2.75, 3.05) is 17.7 Å². The van der Waals surface area contributed by atoms with Crippen molar-refractivity contribution >= 4 is 39.1 Å². The second-order valence-electron chi connectivity index (χ2n) is 3.74. The number of carbonyl (C=O) groups is 1. The van der Waals surface area contributed by atoms with E-state index >= 15 is 0 Å². The maximum atomic E-state index is 11.6. The Hall–Kier alpha value is -1.51. The zero-order chi connectivity index (χ0) is 14.3. The molecule has 0 fully saturated rings. The first-order valence-corrected chi connectivity index (χ1v) is 6.88. The van der Waals surface area contributed by atoms with Crippen molar-refractivity contribution in [3.8, 4) is 6.07 Å². The molecular formula is C13H13BrClN3O. The summed E-state index contributed by atoms with van der Waals surface area (Å²) in [6, 6.07) is 7.57. The van der Waals surface area contributed by atoms with Gasteiger partial charge in [0, 0.05) is 23.1 Å². The van der Waals surface area contributed by atoms with Crippen LogP contribution in [0.1, 0.15) is 5.56 Å². The van der Waals surface area contributed by atoms with Crippen molar-refractivity contribution in [3.63, 3.8) is 0 Å². The summed E-state index contributed by atoms with van der Waals surface area (Å²) in [5, 5.41) is 14.4. The van der Waals surface area contributed by atoms with E-state index < -0.39 is 5.91 Å². The fraction of sp³-hybridized carbons (Fsp3) is 0.231. The summed E-state index contributed by atoms with van der Waals surface area (Å²) in [7, 11) is 0. The Kier molecular flexibility index (Phi) is 6.40. The summed E-state index contributed by atoms with van der Waals surface area (Å²) in [5.74, 6) is -0.139. The standard InChI is InChI=1S/C13H13BrClN3O/c1-9-2-3-12(11(14)6-9)18-8-10(7-16)13(19)17-5-4-15/h2-3,6,8,18H,4-5H2,1H3,(H,17,19)/b10-8-. The lowest BCUT2D eigenvalue weighted by atomic mass is 10.2. The van der Waals surface area contributed by atoms with E-state index in [2.05, 4.69) is 26.6 Å². The van der Waals surface area contributed by atoms with Crippen LogP contribution in [-0.4, -0.2) is 18.3 Å². The van der Waals surface area contributed by atoms with Crippen molar-refractivity contribution in [1.29, 1.82) is 5.26 Å². The molecule has 0 heterocycles. The minimum absolute atomic E-state index is 0.00223. The van der Waals surface area contributed by atoms with Gasteiger partial charge < -0.3 is 10.6 Å². The van der Waals surface area contributed by atoms with Crippen molar-refractivity contribution in [2.24, 2.45) is 0 Å². The van der Waals surface area contributed by atoms with Crippen molar-refractivity contribution in [3.05, 3.63) is 40.0 Å². The van der Waals surface area contributed by atoms with Crippen LogP contribution in [0.3, 0.4) is 0 Å². The first-order valence-electron chi connectivity index (χ1n) is 5.55. The Morgan fingerprint density at radius 2 is 2.32 bits per heavy atom. The largest absolute Gasteiger partial charge is 0.359 e. The van der Waals surface area contributed by atoms with Gasteiger partial charge in [0.15, 0.2) is 0 Å². The molecular weight excluding hydrogens is 330 g/mol. The Morgan fingerprint density at radius 3 is 2.89 bits per heavy atom. The van der Waals surface area contributed by atoms with Gasteiger partial charge in [-0.3, -0.25) is 4.79 Å². The molecule has 0 bridgehead atoms. The van der Waals surface area contributed by atoms with Crippen molar-refractivity contribution in [2.45, 2.75) is 6.92 Å². The van der Waals surface area contributed by atoms with Crippen molar-refractivity contribution < 1.29 is 4.79 Å². The molecule has 0 saturated carbocycles. The monoisotopic (exact) mass is 341 g/mol. The normalized spacial score (nSPS) is 10.7. The van der Waals surface area contributed by atoms with Crippen LogP contribution in [0.4, 0.5) is 5.69 Å². The number of carbonyl (C=O) groups excluding carboxylic acids is 1. The van der Waals surface area contributed by atoms with E-state index in [-0.39, 0.29) is 5.57 Å². The average Bonchev–Trinajstić information content (AvgIpc) is 2.39. The molecule has 100 valence electrons. The lowest BCUT2D eigenvalue weighted by Gasteiger charge is -2.06. The lowest BCUT2D eigenvalue weighted by Crippen LogP contribution is -2.26. The minimum atomic E-state index is -0.445. The predicted molar refractivity (Wildman–Crippen MR) is 79.9 cm³/mol. The molecule has 19 heavy (non-hydrogen) atoms. The summed E-state index contributed by atoms with van der Waals surface area (Å²) in [6.45, 7) is 2.30. The number of hydrogen-bond acceptors (Lipinski definition) is 3. The molecule has 1 aromatic rings. The number of hydrogen-bond donors (Lipinski definition) is 2. The number of alkyl halides is 1. The molecule has 0 saturated heterocycles. The number of benzene rings is 1. The summed E-state index contributed by atoms with van der Waals surface area (Å²) in [4.78, 5) is 11.6. The summed E-state index contributed by atoms with van der Waals surface area (Å²) >= 11 is 8.87. The van der Waals surface area contributed by atoms with Gasteiger partial charge >= 0.3 is 0 Å². The first kappa shape index (κ1) is 15.5. The van der Waals surface area contributed by atoms with E-state index in [1.54, 1.807) is 0 Å². The van der Waals surface area contributed by atoms with Gasteiger partial charge in [0.1, 0.15) is 11.6 Å². The lowest BCUT2D eigenvalue weighted by molar-refractivity contribution is -0.117. The van der Waals surface area contributed by atoms with Gasteiger partial charge in [-0.2, -0.15) is 5.26 Å². The fourth-order valence-electron chi connectivity index (χ4n) is 1.29. The van der Waals surface area contributed by atoms with E-state index in [0.717, 1.165) is 15.7 Å². The molecule has 0 aromatic heterocycles. The zero-order valence-electron chi connectivity index (χ0n) is 10.3. The number of halogens is 2. The minimum Gasteiger partial charge on any atom is -0.359 e. The molecule has 1 amide bonds. The molecule has 0 aliphatic rings. The van der Waals surface area contributed by atoms with Gasteiger partial charge in [-0.1, -0.05) is 6.07 Å². The summed E-state index contributed by atoms with van der Waals surface area (Å²) in [6.07, 6.45) is 1.37. The molecule has 0 radical (unpaired) electrons. The molecule has 0 unspecified atom stereocenters. The van der Waals surface area contributed by atoms with Crippen LogP contribution < -0.4 is 10.6 Å². The third kappa shape index (κ3) is 4.93. The molecule has 0 spiro atoms. The van der Waals surface area contributed by atoms with Crippen molar-refractivity contribution in [1.82, 2.24) is 5.32 Å². The van der Waals surface area contributed by atoms with Gasteiger partial charge in [-0.15, -0.1) is 11.6 Å². The van der Waals surface area contributed by atoms with Crippen LogP contribution in [0.25, 0.3) is 0 Å². The highest BCUT2D eigenvalue weighted by atomic mass is 79.9. The number of anilines is 1. The predicted octanol–water partition coefficient (Wildman–Crippen LogP) is 2.93. The maximum absolute atomic E-state index is 11.6. The van der Waals surface area contributed by atoms with Crippen LogP contribution in [0.5, 0.6) is 0 Å². The SMILES string of the molecule is Cc1ccc(N/C=C(/C#N)C(=O)NCCCl)c(Br)c1. The Balaban J connectivity index is 2.77. The number of nitrogens with zero attached hydrogens (tertiary/aromatic N) is 1. The average molecular weight is 343 g/mol. The van der Waals surface area contributed by atoms with Crippen LogP contribution in [0, 0.1) is 18.3 Å². The molecule has 4 nitrogen and oxygen atoms in total. The van der Waals surface area contributed by atoms with E-state index in [9.17, 15) is 4.79 Å². The molecule has 0 aliphatic carbocycles. The van der Waals surface area contributed by atoms with Gasteiger partial charge in [0.25, 0.3) is 5.91 Å². The molecule has 1 aromatic carbocycles. The summed E-state index contributed by atoms with van der Waals surface area (Å²) in [5.41, 5.74) is 1.89. The molecule has 0 aliphatic heterocycles. The highest BCUT2D eigenvalue weighted by Gasteiger charge is 2.07. The van der Waals surface area contributed by atoms with Crippen LogP contribution in [-0.2, 0) is 4.79 Å². The number of nitriles is 1. The third-order valence-electron chi connectivity index (χ3n) is 2.24. The Bertz CT molecular complexity index is 537. The smallest absolute Gasteiger partial charge is 0.263 e. The molecule has 1 rings (SSSR count). The number of amides is 1. The quantitative estimate of drug-likeness (QED) is 0.491.